The second-order valence-electron chi connectivity index (χ2n) is 5.85. The van der Waals surface area contributed by atoms with Crippen LogP contribution in [0.5, 0.6) is 0 Å². The zero-order valence-corrected chi connectivity index (χ0v) is 12.8. The number of aromatic nitrogens is 1. The van der Waals surface area contributed by atoms with Crippen molar-refractivity contribution in [3.05, 3.63) is 16.6 Å². The summed E-state index contributed by atoms with van der Waals surface area (Å²) in [5.74, 6) is -1.46. The maximum absolute atomic E-state index is 11.9. The molecule has 114 valence electrons. The van der Waals surface area contributed by atoms with Crippen molar-refractivity contribution in [3.63, 3.8) is 0 Å². The van der Waals surface area contributed by atoms with Crippen LogP contribution in [0.15, 0.2) is 11.6 Å². The lowest BCUT2D eigenvalue weighted by atomic mass is 9.77. The molecule has 1 aromatic rings. The highest BCUT2D eigenvalue weighted by Crippen LogP contribution is 2.42. The minimum absolute atomic E-state index is 0.0456. The first-order valence-electron chi connectivity index (χ1n) is 7.13. The summed E-state index contributed by atoms with van der Waals surface area (Å²) in [7, 11) is 1.75. The van der Waals surface area contributed by atoms with Crippen molar-refractivity contribution in [2.75, 3.05) is 20.1 Å². The molecule has 3 heterocycles. The molecular formula is C14H19N3O3S. The molecule has 2 aliphatic heterocycles. The standard InChI is InChI=1S/C14H19N3O3S/c1-16-12(18)8-10(13(19)20)14(16)2-5-17(6-3-14)9-11-15-4-7-21-11/h4,7,10H,2-3,5-6,8-9H2,1H3,(H,19,20)/t10-/m1/s1. The Balaban J connectivity index is 1.70. The second-order valence-corrected chi connectivity index (χ2v) is 6.83. The molecule has 1 spiro atoms. The van der Waals surface area contributed by atoms with Gasteiger partial charge >= 0.3 is 5.97 Å². The van der Waals surface area contributed by atoms with Gasteiger partial charge in [0.2, 0.25) is 5.91 Å². The van der Waals surface area contributed by atoms with Crippen molar-refractivity contribution >= 4 is 23.2 Å². The quantitative estimate of drug-likeness (QED) is 0.903. The summed E-state index contributed by atoms with van der Waals surface area (Å²) in [5.41, 5.74) is -0.498. The van der Waals surface area contributed by atoms with Crippen molar-refractivity contribution in [2.24, 2.45) is 5.92 Å². The van der Waals surface area contributed by atoms with Gasteiger partial charge in [-0.1, -0.05) is 0 Å². The van der Waals surface area contributed by atoms with E-state index in [1.165, 1.54) is 0 Å². The van der Waals surface area contributed by atoms with E-state index in [1.807, 2.05) is 5.38 Å². The third kappa shape index (κ3) is 2.44. The van der Waals surface area contributed by atoms with Crippen LogP contribution in [0.2, 0.25) is 0 Å². The van der Waals surface area contributed by atoms with Gasteiger partial charge in [0.15, 0.2) is 0 Å². The fourth-order valence-corrected chi connectivity index (χ4v) is 4.26. The van der Waals surface area contributed by atoms with E-state index in [2.05, 4.69) is 9.88 Å². The van der Waals surface area contributed by atoms with Gasteiger partial charge in [-0.05, 0) is 12.8 Å². The molecule has 2 fully saturated rings. The lowest BCUT2D eigenvalue weighted by Crippen LogP contribution is -2.55. The summed E-state index contributed by atoms with van der Waals surface area (Å²) in [5, 5.41) is 12.5. The number of carbonyl (C=O) groups excluding carboxylic acids is 1. The number of nitrogens with zero attached hydrogens (tertiary/aromatic N) is 3. The van der Waals surface area contributed by atoms with Crippen LogP contribution in [0, 0.1) is 5.92 Å². The number of piperidine rings is 1. The van der Waals surface area contributed by atoms with E-state index in [4.69, 9.17) is 0 Å². The van der Waals surface area contributed by atoms with Gasteiger partial charge in [-0.2, -0.15) is 0 Å². The number of carboxylic acids is 1. The highest BCUT2D eigenvalue weighted by molar-refractivity contribution is 7.09. The molecule has 0 aromatic carbocycles. The molecule has 3 rings (SSSR count). The average molecular weight is 309 g/mol. The van der Waals surface area contributed by atoms with Crippen molar-refractivity contribution in [1.82, 2.24) is 14.8 Å². The van der Waals surface area contributed by atoms with Crippen molar-refractivity contribution in [2.45, 2.75) is 31.3 Å². The van der Waals surface area contributed by atoms with Gasteiger partial charge in [-0.15, -0.1) is 11.3 Å². The van der Waals surface area contributed by atoms with E-state index < -0.39 is 17.4 Å². The molecule has 1 amide bonds. The molecule has 0 aliphatic carbocycles. The fourth-order valence-electron chi connectivity index (χ4n) is 3.61. The maximum atomic E-state index is 11.9. The van der Waals surface area contributed by atoms with E-state index in [0.29, 0.717) is 0 Å². The molecule has 0 unspecified atom stereocenters. The van der Waals surface area contributed by atoms with E-state index in [9.17, 15) is 14.7 Å². The highest BCUT2D eigenvalue weighted by Gasteiger charge is 2.55. The van der Waals surface area contributed by atoms with Crippen LogP contribution in [0.4, 0.5) is 0 Å². The highest BCUT2D eigenvalue weighted by atomic mass is 32.1. The Hall–Kier alpha value is -1.47. The number of hydrogen-bond acceptors (Lipinski definition) is 5. The van der Waals surface area contributed by atoms with Crippen LogP contribution in [-0.4, -0.2) is 57.4 Å². The molecule has 1 atom stereocenters. The molecule has 6 nitrogen and oxygen atoms in total. The van der Waals surface area contributed by atoms with Gasteiger partial charge in [-0.25, -0.2) is 4.98 Å². The zero-order chi connectivity index (χ0) is 15.0. The second kappa shape index (κ2) is 5.38. The van der Waals surface area contributed by atoms with Crippen molar-refractivity contribution in [1.29, 1.82) is 0 Å². The predicted octanol–water partition coefficient (Wildman–Crippen LogP) is 1.04. The molecular weight excluding hydrogens is 290 g/mol. The summed E-state index contributed by atoms with van der Waals surface area (Å²) in [4.78, 5) is 31.7. The Morgan fingerprint density at radius 1 is 1.52 bits per heavy atom. The molecule has 7 heteroatoms. The molecule has 0 radical (unpaired) electrons. The van der Waals surface area contributed by atoms with Crippen molar-refractivity contribution in [3.8, 4) is 0 Å². The number of likely N-dealkylation sites (tertiary alicyclic amines) is 2. The summed E-state index contributed by atoms with van der Waals surface area (Å²) >= 11 is 1.64. The Kier molecular flexibility index (Phi) is 3.71. The van der Waals surface area contributed by atoms with Gasteiger partial charge in [0.1, 0.15) is 5.01 Å². The van der Waals surface area contributed by atoms with Crippen molar-refractivity contribution < 1.29 is 14.7 Å². The van der Waals surface area contributed by atoms with Gasteiger partial charge in [0.25, 0.3) is 0 Å². The average Bonchev–Trinajstić information content (AvgIpc) is 3.04. The SMILES string of the molecule is CN1C(=O)C[C@H](C(=O)O)C12CCN(Cc1nccs1)CC2. The number of carboxylic acid groups (broad SMARTS) is 1. The Labute approximate surface area is 127 Å². The summed E-state index contributed by atoms with van der Waals surface area (Å²) < 4.78 is 0. The molecule has 21 heavy (non-hydrogen) atoms. The Morgan fingerprint density at radius 3 is 2.81 bits per heavy atom. The van der Waals surface area contributed by atoms with E-state index in [0.717, 1.165) is 37.5 Å². The number of hydrogen-bond donors (Lipinski definition) is 1. The molecule has 1 N–H and O–H groups in total. The third-order valence-corrected chi connectivity index (χ3v) is 5.70. The monoisotopic (exact) mass is 309 g/mol. The third-order valence-electron chi connectivity index (χ3n) is 4.93. The van der Waals surface area contributed by atoms with Crippen LogP contribution in [0.1, 0.15) is 24.3 Å². The largest absolute Gasteiger partial charge is 0.481 e. The smallest absolute Gasteiger partial charge is 0.309 e. The van der Waals surface area contributed by atoms with Crippen LogP contribution in [-0.2, 0) is 16.1 Å². The fraction of sp³-hybridized carbons (Fsp3) is 0.643. The lowest BCUT2D eigenvalue weighted by Gasteiger charge is -2.45. The topological polar surface area (TPSA) is 73.7 Å². The zero-order valence-electron chi connectivity index (χ0n) is 12.0. The van der Waals surface area contributed by atoms with Gasteiger partial charge in [0.05, 0.1) is 18.0 Å². The Bertz CT molecular complexity index is 538. The summed E-state index contributed by atoms with van der Waals surface area (Å²) in [6.07, 6.45) is 3.38. The number of amides is 1. The number of carbonyl (C=O) groups is 2. The first-order chi connectivity index (χ1) is 10.0. The maximum Gasteiger partial charge on any atom is 0.309 e. The van der Waals surface area contributed by atoms with Crippen LogP contribution < -0.4 is 0 Å². The summed E-state index contributed by atoms with van der Waals surface area (Å²) in [6, 6.07) is 0. The van der Waals surface area contributed by atoms with Crippen LogP contribution in [0.3, 0.4) is 0 Å². The van der Waals surface area contributed by atoms with E-state index in [-0.39, 0.29) is 12.3 Å². The number of aliphatic carboxylic acids is 1. The molecule has 1 aromatic heterocycles. The van der Waals surface area contributed by atoms with E-state index >= 15 is 0 Å². The first-order valence-corrected chi connectivity index (χ1v) is 8.01. The predicted molar refractivity (Wildman–Crippen MR) is 77.9 cm³/mol. The summed E-state index contributed by atoms with van der Waals surface area (Å²) in [6.45, 7) is 2.42. The van der Waals surface area contributed by atoms with Gasteiger partial charge < -0.3 is 10.0 Å². The first kappa shape index (κ1) is 14.5. The minimum atomic E-state index is -0.846. The molecule has 0 saturated carbocycles. The number of thiazole rings is 1. The van der Waals surface area contributed by atoms with Gasteiger partial charge in [0, 0.05) is 38.1 Å². The Morgan fingerprint density at radius 2 is 2.24 bits per heavy atom. The lowest BCUT2D eigenvalue weighted by molar-refractivity contribution is -0.146. The molecule has 0 bridgehead atoms. The molecule has 2 aliphatic rings. The van der Waals surface area contributed by atoms with Crippen LogP contribution in [0.25, 0.3) is 0 Å². The molecule has 2 saturated heterocycles. The van der Waals surface area contributed by atoms with Gasteiger partial charge in [-0.3, -0.25) is 14.5 Å². The van der Waals surface area contributed by atoms with Crippen LogP contribution >= 0.6 is 11.3 Å². The van der Waals surface area contributed by atoms with E-state index in [1.54, 1.807) is 29.5 Å². The normalized spacial score (nSPS) is 25.7. The number of rotatable bonds is 3. The minimum Gasteiger partial charge on any atom is -0.481 e.